The highest BCUT2D eigenvalue weighted by molar-refractivity contribution is 5.90. The first-order valence-electron chi connectivity index (χ1n) is 6.71. The van der Waals surface area contributed by atoms with Crippen LogP contribution >= 0.6 is 0 Å². The molecule has 0 aliphatic heterocycles. The minimum Gasteiger partial charge on any atom is -0.364 e. The van der Waals surface area contributed by atoms with Crippen molar-refractivity contribution in [3.63, 3.8) is 0 Å². The first-order valence-corrected chi connectivity index (χ1v) is 6.71. The number of aromatic nitrogens is 2. The van der Waals surface area contributed by atoms with Crippen molar-refractivity contribution in [1.82, 2.24) is 9.97 Å². The molecule has 2 aromatic rings. The van der Waals surface area contributed by atoms with Crippen molar-refractivity contribution in [1.29, 1.82) is 0 Å². The predicted molar refractivity (Wildman–Crippen MR) is 77.9 cm³/mol. The number of hydrogen-bond donors (Lipinski definition) is 1. The number of nitrogens with zero attached hydrogens (tertiary/aromatic N) is 2. The van der Waals surface area contributed by atoms with E-state index in [1.807, 2.05) is 30.6 Å². The molecule has 2 rings (SSSR count). The van der Waals surface area contributed by atoms with Crippen LogP contribution in [0.25, 0.3) is 0 Å². The zero-order valence-corrected chi connectivity index (χ0v) is 11.3. The maximum Gasteiger partial charge on any atom is 0.267 e. The lowest BCUT2D eigenvalue weighted by molar-refractivity contribution is 0.0995. The van der Waals surface area contributed by atoms with Crippen LogP contribution in [-0.4, -0.2) is 15.9 Å². The number of hydrogen-bond acceptors (Lipinski definition) is 3. The second-order valence-corrected chi connectivity index (χ2v) is 4.64. The van der Waals surface area contributed by atoms with Gasteiger partial charge in [-0.2, -0.15) is 0 Å². The lowest BCUT2D eigenvalue weighted by atomic mass is 10.0. The number of primary amides is 1. The minimum atomic E-state index is -0.478. The summed E-state index contributed by atoms with van der Waals surface area (Å²) < 4.78 is 0. The summed E-state index contributed by atoms with van der Waals surface area (Å²) in [6.45, 7) is 0. The van der Waals surface area contributed by atoms with E-state index in [-0.39, 0.29) is 0 Å². The van der Waals surface area contributed by atoms with Crippen molar-refractivity contribution in [2.24, 2.45) is 5.73 Å². The van der Waals surface area contributed by atoms with Gasteiger partial charge in [-0.1, -0.05) is 0 Å². The fourth-order valence-electron chi connectivity index (χ4n) is 2.00. The zero-order valence-electron chi connectivity index (χ0n) is 11.3. The van der Waals surface area contributed by atoms with Crippen LogP contribution in [0.5, 0.6) is 0 Å². The highest BCUT2D eigenvalue weighted by Gasteiger charge is 2.02. The fourth-order valence-corrected chi connectivity index (χ4v) is 2.00. The Morgan fingerprint density at radius 3 is 2.40 bits per heavy atom. The van der Waals surface area contributed by atoms with Crippen LogP contribution < -0.4 is 5.73 Å². The number of pyridine rings is 2. The molecule has 0 aromatic carbocycles. The van der Waals surface area contributed by atoms with Crippen LogP contribution in [0.4, 0.5) is 0 Å². The highest BCUT2D eigenvalue weighted by Crippen LogP contribution is 2.09. The molecular weight excluding hydrogens is 250 g/mol. The molecule has 2 N–H and O–H groups in total. The largest absolute Gasteiger partial charge is 0.364 e. The number of carbonyl (C=O) groups excluding carboxylic acids is 1. The van der Waals surface area contributed by atoms with Gasteiger partial charge in [-0.3, -0.25) is 14.8 Å². The average Bonchev–Trinajstić information content (AvgIpc) is 2.48. The van der Waals surface area contributed by atoms with Gasteiger partial charge in [0.1, 0.15) is 5.69 Å². The molecular formula is C16H18N3O. The van der Waals surface area contributed by atoms with Gasteiger partial charge in [0, 0.05) is 18.6 Å². The quantitative estimate of drug-likeness (QED) is 0.784. The Balaban J connectivity index is 1.71. The van der Waals surface area contributed by atoms with Gasteiger partial charge in [0.25, 0.3) is 5.91 Å². The van der Waals surface area contributed by atoms with Crippen molar-refractivity contribution in [2.45, 2.75) is 25.7 Å². The Morgan fingerprint density at radius 1 is 1.05 bits per heavy atom. The van der Waals surface area contributed by atoms with Gasteiger partial charge < -0.3 is 5.73 Å². The maximum absolute atomic E-state index is 11.0. The van der Waals surface area contributed by atoms with E-state index in [9.17, 15) is 4.79 Å². The van der Waals surface area contributed by atoms with Crippen molar-refractivity contribution in [3.05, 3.63) is 66.1 Å². The molecule has 0 atom stereocenters. The molecule has 0 fully saturated rings. The topological polar surface area (TPSA) is 68.9 Å². The number of nitrogens with two attached hydrogens (primary N) is 1. The number of amides is 1. The summed E-state index contributed by atoms with van der Waals surface area (Å²) in [5.41, 5.74) is 7.94. The van der Waals surface area contributed by atoms with Crippen molar-refractivity contribution < 1.29 is 4.79 Å². The molecule has 103 valence electrons. The Morgan fingerprint density at radius 2 is 1.70 bits per heavy atom. The van der Waals surface area contributed by atoms with Gasteiger partial charge in [0.2, 0.25) is 0 Å². The Hall–Kier alpha value is -2.23. The zero-order chi connectivity index (χ0) is 14.2. The predicted octanol–water partition coefficient (Wildman–Crippen LogP) is 2.35. The maximum atomic E-state index is 11.0. The van der Waals surface area contributed by atoms with Crippen LogP contribution in [0.3, 0.4) is 0 Å². The molecule has 20 heavy (non-hydrogen) atoms. The van der Waals surface area contributed by atoms with Gasteiger partial charge in [-0.15, -0.1) is 0 Å². The molecule has 2 heterocycles. The molecule has 2 aromatic heterocycles. The summed E-state index contributed by atoms with van der Waals surface area (Å²) in [5.74, 6) is -0.478. The van der Waals surface area contributed by atoms with Gasteiger partial charge in [0.15, 0.2) is 0 Å². The summed E-state index contributed by atoms with van der Waals surface area (Å²) >= 11 is 0. The molecule has 0 saturated carbocycles. The standard InChI is InChI=1S/C16H18N3O/c17-16(20)15-12-14(8-11-19-15)5-3-1-2-4-13-6-9-18-10-7-13/h1,6-12H,2-5H2,(H2,17,20). The Labute approximate surface area is 119 Å². The lowest BCUT2D eigenvalue weighted by Gasteiger charge is -2.03. The normalized spacial score (nSPS) is 10.4. The van der Waals surface area contributed by atoms with E-state index < -0.39 is 5.91 Å². The summed E-state index contributed by atoms with van der Waals surface area (Å²) in [4.78, 5) is 19.0. The van der Waals surface area contributed by atoms with E-state index in [1.165, 1.54) is 5.56 Å². The molecule has 1 radical (unpaired) electrons. The van der Waals surface area contributed by atoms with Crippen LogP contribution in [-0.2, 0) is 12.8 Å². The first kappa shape index (κ1) is 14.2. The fraction of sp³-hybridized carbons (Fsp3) is 0.250. The molecule has 1 amide bonds. The van der Waals surface area contributed by atoms with Crippen LogP contribution in [0.2, 0.25) is 0 Å². The molecule has 0 saturated heterocycles. The lowest BCUT2D eigenvalue weighted by Crippen LogP contribution is -2.13. The van der Waals surface area contributed by atoms with Crippen molar-refractivity contribution in [3.8, 4) is 0 Å². The second-order valence-electron chi connectivity index (χ2n) is 4.64. The van der Waals surface area contributed by atoms with E-state index in [1.54, 1.807) is 12.3 Å². The molecule has 0 aliphatic carbocycles. The summed E-state index contributed by atoms with van der Waals surface area (Å²) in [5, 5.41) is 0. The summed E-state index contributed by atoms with van der Waals surface area (Å²) in [6, 6.07) is 7.76. The van der Waals surface area contributed by atoms with E-state index >= 15 is 0 Å². The summed E-state index contributed by atoms with van der Waals surface area (Å²) in [7, 11) is 0. The van der Waals surface area contributed by atoms with Crippen molar-refractivity contribution >= 4 is 5.91 Å². The molecule has 0 spiro atoms. The third-order valence-electron chi connectivity index (χ3n) is 3.10. The van der Waals surface area contributed by atoms with Crippen LogP contribution in [0, 0.1) is 6.42 Å². The third-order valence-corrected chi connectivity index (χ3v) is 3.10. The van der Waals surface area contributed by atoms with E-state index in [2.05, 4.69) is 16.4 Å². The summed E-state index contributed by atoms with van der Waals surface area (Å²) in [6.07, 6.45) is 11.5. The van der Waals surface area contributed by atoms with Gasteiger partial charge in [-0.05, 0) is 67.5 Å². The SMILES string of the molecule is NC(=O)c1cc(CC[CH]CCc2ccncc2)ccn1. The Kier molecular flexibility index (Phi) is 5.24. The molecule has 4 nitrogen and oxygen atoms in total. The van der Waals surface area contributed by atoms with E-state index in [0.29, 0.717) is 5.69 Å². The molecule has 0 aliphatic rings. The van der Waals surface area contributed by atoms with Gasteiger partial charge in [-0.25, -0.2) is 0 Å². The van der Waals surface area contributed by atoms with Crippen LogP contribution in [0.1, 0.15) is 34.5 Å². The average molecular weight is 268 g/mol. The van der Waals surface area contributed by atoms with E-state index in [0.717, 1.165) is 31.2 Å². The second kappa shape index (κ2) is 7.38. The molecule has 0 bridgehead atoms. The van der Waals surface area contributed by atoms with Gasteiger partial charge >= 0.3 is 0 Å². The molecule has 4 heteroatoms. The third kappa shape index (κ3) is 4.46. The number of unbranched alkanes of at least 4 members (excludes halogenated alkanes) is 2. The highest BCUT2D eigenvalue weighted by atomic mass is 16.1. The van der Waals surface area contributed by atoms with Crippen LogP contribution in [0.15, 0.2) is 42.9 Å². The number of carbonyl (C=O) groups is 1. The molecule has 0 unspecified atom stereocenters. The number of aryl methyl sites for hydroxylation is 2. The monoisotopic (exact) mass is 268 g/mol. The van der Waals surface area contributed by atoms with Gasteiger partial charge in [0.05, 0.1) is 0 Å². The smallest absolute Gasteiger partial charge is 0.267 e. The number of rotatable bonds is 7. The van der Waals surface area contributed by atoms with E-state index in [4.69, 9.17) is 5.73 Å². The first-order chi connectivity index (χ1) is 9.75. The van der Waals surface area contributed by atoms with Crippen molar-refractivity contribution in [2.75, 3.05) is 0 Å². The Bertz CT molecular complexity index is 555. The minimum absolute atomic E-state index is 0.333.